The number of fused-ring (bicyclic) bond motifs is 1. The lowest BCUT2D eigenvalue weighted by atomic mass is 10.2. The molecule has 1 aliphatic heterocycles. The van der Waals surface area contributed by atoms with Gasteiger partial charge in [0.15, 0.2) is 0 Å². The summed E-state index contributed by atoms with van der Waals surface area (Å²) in [7, 11) is 1.51. The summed E-state index contributed by atoms with van der Waals surface area (Å²) in [4.78, 5) is 38.2. The first-order chi connectivity index (χ1) is 15.0. The molecule has 3 aromatic rings. The van der Waals surface area contributed by atoms with Crippen LogP contribution in [0, 0.1) is 0 Å². The summed E-state index contributed by atoms with van der Waals surface area (Å²) in [6, 6.07) is 16.3. The summed E-state index contributed by atoms with van der Waals surface area (Å²) in [5.41, 5.74) is 1.86. The van der Waals surface area contributed by atoms with Gasteiger partial charge in [-0.25, -0.2) is 0 Å². The summed E-state index contributed by atoms with van der Waals surface area (Å²) in [6.07, 6.45) is 0.794. The Morgan fingerprint density at radius 1 is 1.13 bits per heavy atom. The van der Waals surface area contributed by atoms with E-state index in [2.05, 4.69) is 10.6 Å². The predicted octanol–water partition coefficient (Wildman–Crippen LogP) is 3.00. The number of amides is 3. The molecule has 1 aliphatic rings. The molecule has 0 aliphatic carbocycles. The zero-order valence-electron chi connectivity index (χ0n) is 17.1. The molecule has 31 heavy (non-hydrogen) atoms. The van der Waals surface area contributed by atoms with Gasteiger partial charge in [0.1, 0.15) is 17.4 Å². The Bertz CT molecular complexity index is 1090. The van der Waals surface area contributed by atoms with Gasteiger partial charge in [0.05, 0.1) is 6.54 Å². The predicted molar refractivity (Wildman–Crippen MR) is 116 cm³/mol. The smallest absolute Gasteiger partial charge is 0.313 e. The van der Waals surface area contributed by atoms with E-state index >= 15 is 0 Å². The topological polar surface area (TPSA) is 101 Å². The number of nitrogens with zero attached hydrogens (tertiary/aromatic N) is 1. The van der Waals surface area contributed by atoms with Crippen LogP contribution in [0.3, 0.4) is 0 Å². The summed E-state index contributed by atoms with van der Waals surface area (Å²) >= 11 is 0. The third-order valence-electron chi connectivity index (χ3n) is 5.19. The number of hydrogen-bond acceptors (Lipinski definition) is 5. The summed E-state index contributed by atoms with van der Waals surface area (Å²) < 4.78 is 11.2. The average Bonchev–Trinajstić information content (AvgIpc) is 3.40. The van der Waals surface area contributed by atoms with Crippen LogP contribution in [0.15, 0.2) is 59.0 Å². The van der Waals surface area contributed by atoms with Crippen molar-refractivity contribution in [2.24, 2.45) is 0 Å². The first-order valence-electron chi connectivity index (χ1n) is 10.1. The molecule has 2 aromatic carbocycles. The van der Waals surface area contributed by atoms with E-state index in [9.17, 15) is 14.4 Å². The second-order valence-corrected chi connectivity index (χ2v) is 7.27. The van der Waals surface area contributed by atoms with Crippen LogP contribution < -0.4 is 15.5 Å². The lowest BCUT2D eigenvalue weighted by molar-refractivity contribution is -0.136. The first-order valence-corrected chi connectivity index (χ1v) is 10.1. The van der Waals surface area contributed by atoms with Crippen LogP contribution in [0.5, 0.6) is 0 Å². The molecule has 0 radical (unpaired) electrons. The molecule has 3 amide bonds. The van der Waals surface area contributed by atoms with E-state index in [0.717, 1.165) is 17.4 Å². The van der Waals surface area contributed by atoms with Crippen LogP contribution in [0.4, 0.5) is 11.4 Å². The molecule has 8 nitrogen and oxygen atoms in total. The van der Waals surface area contributed by atoms with E-state index < -0.39 is 17.9 Å². The van der Waals surface area contributed by atoms with Crippen LogP contribution in [-0.4, -0.2) is 37.9 Å². The van der Waals surface area contributed by atoms with Crippen molar-refractivity contribution >= 4 is 40.1 Å². The first kappa shape index (κ1) is 20.6. The number of hydrogen-bond donors (Lipinski definition) is 2. The fourth-order valence-corrected chi connectivity index (χ4v) is 3.59. The molecule has 1 atom stereocenters. The molecule has 0 bridgehead atoms. The largest absolute Gasteiger partial charge is 0.458 e. The number of anilines is 2. The number of ether oxygens (including phenoxy) is 1. The number of carbonyl (C=O) groups is 3. The van der Waals surface area contributed by atoms with Crippen molar-refractivity contribution < 1.29 is 23.5 Å². The van der Waals surface area contributed by atoms with Crippen LogP contribution in [0.2, 0.25) is 0 Å². The molecular weight excluding hydrogens is 398 g/mol. The van der Waals surface area contributed by atoms with Crippen molar-refractivity contribution in [3.05, 3.63) is 60.4 Å². The van der Waals surface area contributed by atoms with Crippen molar-refractivity contribution in [3.8, 4) is 0 Å². The summed E-state index contributed by atoms with van der Waals surface area (Å²) in [6.45, 7) is 0.724. The van der Waals surface area contributed by atoms with Gasteiger partial charge in [0, 0.05) is 36.8 Å². The van der Waals surface area contributed by atoms with Gasteiger partial charge in [-0.15, -0.1) is 0 Å². The van der Waals surface area contributed by atoms with Crippen LogP contribution in [-0.2, 0) is 19.1 Å². The van der Waals surface area contributed by atoms with Crippen LogP contribution in [0.25, 0.3) is 11.0 Å². The zero-order chi connectivity index (χ0) is 21.8. The molecule has 2 heterocycles. The highest BCUT2D eigenvalue weighted by atomic mass is 16.5. The Kier molecular flexibility index (Phi) is 5.99. The molecule has 1 saturated heterocycles. The van der Waals surface area contributed by atoms with Crippen molar-refractivity contribution in [2.45, 2.75) is 18.9 Å². The second kappa shape index (κ2) is 9.01. The minimum Gasteiger partial charge on any atom is -0.458 e. The lowest BCUT2D eigenvalue weighted by Crippen LogP contribution is -2.38. The summed E-state index contributed by atoms with van der Waals surface area (Å²) in [5.74, 6) is -0.977. The fourth-order valence-electron chi connectivity index (χ4n) is 3.59. The third kappa shape index (κ3) is 4.59. The number of methoxy groups -OCH3 is 1. The molecule has 4 rings (SSSR count). The quantitative estimate of drug-likeness (QED) is 0.596. The van der Waals surface area contributed by atoms with E-state index in [1.165, 1.54) is 7.11 Å². The van der Waals surface area contributed by atoms with Crippen LogP contribution >= 0.6 is 0 Å². The van der Waals surface area contributed by atoms with Gasteiger partial charge < -0.3 is 24.7 Å². The highest BCUT2D eigenvalue weighted by Crippen LogP contribution is 2.26. The second-order valence-electron chi connectivity index (χ2n) is 7.27. The Labute approximate surface area is 179 Å². The monoisotopic (exact) mass is 421 g/mol. The Balaban J connectivity index is 1.36. The number of furan rings is 1. The van der Waals surface area contributed by atoms with Gasteiger partial charge in [-0.1, -0.05) is 24.3 Å². The highest BCUT2D eigenvalue weighted by molar-refractivity contribution is 6.39. The Hall–Kier alpha value is -3.65. The van der Waals surface area contributed by atoms with Crippen LogP contribution in [0.1, 0.15) is 24.7 Å². The fraction of sp³-hybridized carbons (Fsp3) is 0.261. The van der Waals surface area contributed by atoms with Gasteiger partial charge >= 0.3 is 11.8 Å². The molecular formula is C23H23N3O5. The SMILES string of the molecule is CO[C@H](CNC(=O)C(=O)Nc1cccc(N2CCCC2=O)c1)c1cc2ccccc2o1. The Morgan fingerprint density at radius 3 is 2.71 bits per heavy atom. The molecule has 0 spiro atoms. The maximum atomic E-state index is 12.3. The highest BCUT2D eigenvalue weighted by Gasteiger charge is 2.23. The van der Waals surface area contributed by atoms with Crippen molar-refractivity contribution in [1.29, 1.82) is 0 Å². The van der Waals surface area contributed by atoms with Gasteiger partial charge in [0.2, 0.25) is 5.91 Å². The minimum absolute atomic E-state index is 0.0532. The van der Waals surface area contributed by atoms with Crippen molar-refractivity contribution in [3.63, 3.8) is 0 Å². The number of para-hydroxylation sites is 1. The zero-order valence-corrected chi connectivity index (χ0v) is 17.1. The van der Waals surface area contributed by atoms with E-state index in [-0.39, 0.29) is 12.5 Å². The minimum atomic E-state index is -0.802. The van der Waals surface area contributed by atoms with Gasteiger partial charge in [-0.3, -0.25) is 14.4 Å². The van der Waals surface area contributed by atoms with Gasteiger partial charge in [-0.05, 0) is 36.8 Å². The molecule has 0 saturated carbocycles. The number of benzene rings is 2. The van der Waals surface area contributed by atoms with Gasteiger partial charge in [-0.2, -0.15) is 0 Å². The van der Waals surface area contributed by atoms with E-state index in [1.54, 1.807) is 29.2 Å². The number of carbonyl (C=O) groups excluding carboxylic acids is 3. The lowest BCUT2D eigenvalue weighted by Gasteiger charge is -2.17. The molecule has 0 unspecified atom stereocenters. The maximum Gasteiger partial charge on any atom is 0.313 e. The standard InChI is InChI=1S/C23H23N3O5/c1-30-20(19-12-15-6-2-3-9-18(15)31-19)14-24-22(28)23(29)25-16-7-4-8-17(13-16)26-11-5-10-21(26)27/h2-4,6-9,12-13,20H,5,10-11,14H2,1H3,(H,24,28)(H,25,29)/t20-/m1/s1. The molecule has 2 N–H and O–H groups in total. The molecule has 160 valence electrons. The van der Waals surface area contributed by atoms with Crippen molar-refractivity contribution in [2.75, 3.05) is 30.4 Å². The third-order valence-corrected chi connectivity index (χ3v) is 5.19. The normalized spacial score (nSPS) is 14.6. The van der Waals surface area contributed by atoms with E-state index in [1.807, 2.05) is 30.3 Å². The number of rotatable bonds is 6. The van der Waals surface area contributed by atoms with Gasteiger partial charge in [0.25, 0.3) is 0 Å². The van der Waals surface area contributed by atoms with E-state index in [4.69, 9.17) is 9.15 Å². The maximum absolute atomic E-state index is 12.3. The Morgan fingerprint density at radius 2 is 1.97 bits per heavy atom. The van der Waals surface area contributed by atoms with E-state index in [0.29, 0.717) is 30.1 Å². The molecule has 8 heteroatoms. The molecule has 1 fully saturated rings. The average molecular weight is 421 g/mol. The summed E-state index contributed by atoms with van der Waals surface area (Å²) in [5, 5.41) is 6.07. The molecule has 1 aromatic heterocycles. The van der Waals surface area contributed by atoms with Crippen molar-refractivity contribution in [1.82, 2.24) is 5.32 Å². The number of nitrogens with one attached hydrogen (secondary N) is 2.